The molecule has 0 unspecified atom stereocenters. The summed E-state index contributed by atoms with van der Waals surface area (Å²) in [6.45, 7) is 6.17. The molecule has 1 aliphatic rings. The minimum absolute atomic E-state index is 0.199. The van der Waals surface area contributed by atoms with Crippen molar-refractivity contribution < 1.29 is 18.7 Å². The molecule has 7 nitrogen and oxygen atoms in total. The normalized spacial score (nSPS) is 14.7. The first-order valence-electron chi connectivity index (χ1n) is 10.9. The van der Waals surface area contributed by atoms with E-state index < -0.39 is 12.0 Å². The maximum Gasteiger partial charge on any atom is 0.247 e. The fourth-order valence-corrected chi connectivity index (χ4v) is 4.05. The average Bonchev–Trinajstić information content (AvgIpc) is 2.94. The Bertz CT molecular complexity index is 1140. The van der Waals surface area contributed by atoms with Crippen molar-refractivity contribution in [3.63, 3.8) is 0 Å². The maximum absolute atomic E-state index is 14.2. The number of carbonyl (C=O) groups excluding carboxylic acids is 1. The summed E-state index contributed by atoms with van der Waals surface area (Å²) >= 11 is 1.42. The molecule has 0 fully saturated rings. The Hall–Kier alpha value is -3.20. The topological polar surface area (TPSA) is 77.4 Å². The summed E-state index contributed by atoms with van der Waals surface area (Å²) in [5.41, 5.74) is 1.89. The first-order chi connectivity index (χ1) is 16.0. The van der Waals surface area contributed by atoms with Gasteiger partial charge in [-0.25, -0.2) is 4.39 Å². The van der Waals surface area contributed by atoms with Gasteiger partial charge in [-0.3, -0.25) is 9.69 Å². The smallest absolute Gasteiger partial charge is 0.247 e. The van der Waals surface area contributed by atoms with Crippen LogP contribution in [0.5, 0.6) is 11.6 Å². The second-order valence-corrected chi connectivity index (χ2v) is 8.70. The lowest BCUT2D eigenvalue weighted by Crippen LogP contribution is -2.36. The quantitative estimate of drug-likeness (QED) is 0.339. The summed E-state index contributed by atoms with van der Waals surface area (Å²) in [4.78, 5) is 18.8. The van der Waals surface area contributed by atoms with Gasteiger partial charge in [0.05, 0.1) is 12.3 Å². The standard InChI is InChI=1S/C24H25FN4O3S/c1-4-6-13-31-18-10-7-16(8-11-18)23-29(15(3)30)20-12-9-17(25)14-19(20)21-22(32-23)26-24(28-27-21)33-5-2/h7-12,14,23H,4-6,13H2,1-3H3/t23-/m1/s1. The number of thioether (sulfide) groups is 1. The Labute approximate surface area is 196 Å². The molecule has 2 heterocycles. The Balaban J connectivity index is 1.80. The number of unbranched alkanes of at least 4 members (excludes halogenated alkanes) is 1. The zero-order valence-electron chi connectivity index (χ0n) is 18.7. The van der Waals surface area contributed by atoms with E-state index in [1.165, 1.54) is 35.7 Å². The van der Waals surface area contributed by atoms with Gasteiger partial charge >= 0.3 is 0 Å². The van der Waals surface area contributed by atoms with E-state index in [1.807, 2.05) is 31.2 Å². The lowest BCUT2D eigenvalue weighted by atomic mass is 10.1. The van der Waals surface area contributed by atoms with Crippen LogP contribution in [0.25, 0.3) is 11.3 Å². The average molecular weight is 469 g/mol. The second-order valence-electron chi connectivity index (χ2n) is 7.47. The van der Waals surface area contributed by atoms with E-state index in [2.05, 4.69) is 22.1 Å². The number of anilines is 1. The number of hydrogen-bond donors (Lipinski definition) is 0. The summed E-state index contributed by atoms with van der Waals surface area (Å²) in [5.74, 6) is 0.978. The van der Waals surface area contributed by atoms with E-state index in [0.29, 0.717) is 28.7 Å². The van der Waals surface area contributed by atoms with Crippen LogP contribution in [-0.2, 0) is 4.79 Å². The molecule has 3 aromatic rings. The van der Waals surface area contributed by atoms with Gasteiger partial charge in [-0.2, -0.15) is 4.98 Å². The van der Waals surface area contributed by atoms with E-state index >= 15 is 0 Å². The fraction of sp³-hybridized carbons (Fsp3) is 0.333. The molecule has 0 bridgehead atoms. The van der Waals surface area contributed by atoms with Crippen LogP contribution in [0.15, 0.2) is 47.6 Å². The number of rotatable bonds is 7. The molecule has 0 saturated carbocycles. The largest absolute Gasteiger partial charge is 0.494 e. The molecule has 4 rings (SSSR count). The van der Waals surface area contributed by atoms with Crippen molar-refractivity contribution in [2.24, 2.45) is 0 Å². The summed E-state index contributed by atoms with van der Waals surface area (Å²) in [6, 6.07) is 11.6. The summed E-state index contributed by atoms with van der Waals surface area (Å²) in [6.07, 6.45) is 1.20. The molecule has 0 saturated heterocycles. The summed E-state index contributed by atoms with van der Waals surface area (Å²) in [5, 5.41) is 8.87. The van der Waals surface area contributed by atoms with E-state index in [9.17, 15) is 9.18 Å². The number of halogens is 1. The maximum atomic E-state index is 14.2. The Morgan fingerprint density at radius 2 is 1.97 bits per heavy atom. The van der Waals surface area contributed by atoms with Gasteiger partial charge in [0.25, 0.3) is 0 Å². The van der Waals surface area contributed by atoms with E-state index in [0.717, 1.165) is 29.9 Å². The van der Waals surface area contributed by atoms with Crippen LogP contribution >= 0.6 is 11.8 Å². The van der Waals surface area contributed by atoms with Gasteiger partial charge in [0, 0.05) is 18.1 Å². The third-order valence-electron chi connectivity index (χ3n) is 5.11. The number of fused-ring (bicyclic) bond motifs is 3. The van der Waals surface area contributed by atoms with Gasteiger partial charge in [-0.05, 0) is 54.6 Å². The highest BCUT2D eigenvalue weighted by Gasteiger charge is 2.35. The molecule has 1 atom stereocenters. The van der Waals surface area contributed by atoms with Gasteiger partial charge in [-0.15, -0.1) is 10.2 Å². The van der Waals surface area contributed by atoms with E-state index in [4.69, 9.17) is 9.47 Å². The predicted octanol–water partition coefficient (Wildman–Crippen LogP) is 5.41. The molecule has 1 amide bonds. The SMILES string of the molecule is CCCCOc1ccc([C@H]2Oc3nc(SCC)nnc3-c3cc(F)ccc3N2C(C)=O)cc1. The molecular formula is C24H25FN4O3S. The van der Waals surface area contributed by atoms with Crippen molar-refractivity contribution in [3.05, 3.63) is 53.8 Å². The number of carbonyl (C=O) groups is 1. The fourth-order valence-electron chi connectivity index (χ4n) is 3.55. The number of aromatic nitrogens is 3. The van der Waals surface area contributed by atoms with Crippen molar-refractivity contribution in [1.82, 2.24) is 15.2 Å². The van der Waals surface area contributed by atoms with Gasteiger partial charge in [0.1, 0.15) is 11.6 Å². The highest BCUT2D eigenvalue weighted by Crippen LogP contribution is 2.43. The van der Waals surface area contributed by atoms with E-state index in [-0.39, 0.29) is 11.8 Å². The van der Waals surface area contributed by atoms with Crippen LogP contribution in [0.3, 0.4) is 0 Å². The zero-order valence-corrected chi connectivity index (χ0v) is 19.6. The molecule has 172 valence electrons. The minimum Gasteiger partial charge on any atom is -0.494 e. The summed E-state index contributed by atoms with van der Waals surface area (Å²) in [7, 11) is 0. The third-order valence-corrected chi connectivity index (χ3v) is 5.83. The van der Waals surface area contributed by atoms with Crippen molar-refractivity contribution in [2.75, 3.05) is 17.3 Å². The molecule has 33 heavy (non-hydrogen) atoms. The van der Waals surface area contributed by atoms with Crippen molar-refractivity contribution in [1.29, 1.82) is 0 Å². The van der Waals surface area contributed by atoms with Crippen molar-refractivity contribution in [3.8, 4) is 22.9 Å². The number of amides is 1. The molecule has 1 aromatic heterocycles. The van der Waals surface area contributed by atoms with Crippen molar-refractivity contribution >= 4 is 23.4 Å². The Morgan fingerprint density at radius 1 is 1.18 bits per heavy atom. The van der Waals surface area contributed by atoms with Crippen LogP contribution in [0.2, 0.25) is 0 Å². The molecule has 0 aliphatic carbocycles. The van der Waals surface area contributed by atoms with E-state index in [1.54, 1.807) is 6.07 Å². The molecule has 0 N–H and O–H groups in total. The lowest BCUT2D eigenvalue weighted by molar-refractivity contribution is -0.118. The molecule has 0 radical (unpaired) electrons. The number of hydrogen-bond acceptors (Lipinski definition) is 7. The van der Waals surface area contributed by atoms with Crippen LogP contribution in [0.1, 0.15) is 45.4 Å². The van der Waals surface area contributed by atoms with Crippen LogP contribution in [-0.4, -0.2) is 33.4 Å². The second kappa shape index (κ2) is 10.2. The lowest BCUT2D eigenvalue weighted by Gasteiger charge is -2.30. The summed E-state index contributed by atoms with van der Waals surface area (Å²) < 4.78 is 26.2. The van der Waals surface area contributed by atoms with Crippen LogP contribution in [0.4, 0.5) is 10.1 Å². The molecular weight excluding hydrogens is 443 g/mol. The molecule has 1 aliphatic heterocycles. The highest BCUT2D eigenvalue weighted by molar-refractivity contribution is 7.99. The van der Waals surface area contributed by atoms with Gasteiger partial charge < -0.3 is 9.47 Å². The number of nitrogens with zero attached hydrogens (tertiary/aromatic N) is 4. The Kier molecular flexibility index (Phi) is 7.08. The first-order valence-corrected chi connectivity index (χ1v) is 11.9. The number of benzene rings is 2. The first kappa shape index (κ1) is 23.0. The zero-order chi connectivity index (χ0) is 23.4. The minimum atomic E-state index is -0.825. The monoisotopic (exact) mass is 468 g/mol. The van der Waals surface area contributed by atoms with Gasteiger partial charge in [0.15, 0.2) is 5.69 Å². The molecule has 9 heteroatoms. The third kappa shape index (κ3) is 4.93. The Morgan fingerprint density at radius 3 is 2.67 bits per heavy atom. The highest BCUT2D eigenvalue weighted by atomic mass is 32.2. The van der Waals surface area contributed by atoms with Gasteiger partial charge in [0.2, 0.25) is 23.2 Å². The number of ether oxygens (including phenoxy) is 2. The van der Waals surface area contributed by atoms with Crippen molar-refractivity contribution in [2.45, 2.75) is 45.0 Å². The molecule has 2 aromatic carbocycles. The van der Waals surface area contributed by atoms with Crippen LogP contribution in [0, 0.1) is 5.82 Å². The predicted molar refractivity (Wildman–Crippen MR) is 125 cm³/mol. The molecule has 0 spiro atoms. The van der Waals surface area contributed by atoms with Gasteiger partial charge in [-0.1, -0.05) is 32.0 Å². The van der Waals surface area contributed by atoms with Crippen LogP contribution < -0.4 is 14.4 Å².